The number of benzene rings is 2. The van der Waals surface area contributed by atoms with Crippen LogP contribution in [0.2, 0.25) is 5.02 Å². The van der Waals surface area contributed by atoms with Crippen LogP contribution in [0.4, 0.5) is 5.69 Å². The number of aromatic amines is 1. The Bertz CT molecular complexity index is 1260. The van der Waals surface area contributed by atoms with Crippen molar-refractivity contribution < 1.29 is 19.0 Å². The van der Waals surface area contributed by atoms with Crippen LogP contribution >= 0.6 is 23.4 Å². The Hall–Kier alpha value is -3.04. The van der Waals surface area contributed by atoms with E-state index in [1.807, 2.05) is 19.1 Å². The SMILES string of the molecule is CCSc1n[n+]2c(c(=O)[nH]1)-c1ccccc1N(C(C)=O)[C@H]2c1cc(OC)c(OC)cc1Cl. The molecule has 0 saturated heterocycles. The minimum Gasteiger partial charge on any atom is -0.493 e. The lowest BCUT2D eigenvalue weighted by Crippen LogP contribution is -2.60. The summed E-state index contributed by atoms with van der Waals surface area (Å²) in [5, 5.41) is 5.49. The van der Waals surface area contributed by atoms with Gasteiger partial charge >= 0.3 is 11.3 Å². The largest absolute Gasteiger partial charge is 0.493 e. The number of carbonyl (C=O) groups is 1. The zero-order valence-electron chi connectivity index (χ0n) is 18.0. The molecule has 10 heteroatoms. The molecular formula is C22H22ClN4O4S+. The van der Waals surface area contributed by atoms with Crippen LogP contribution in [0.3, 0.4) is 0 Å². The minimum absolute atomic E-state index is 0.224. The van der Waals surface area contributed by atoms with E-state index in [1.165, 1.54) is 32.9 Å². The van der Waals surface area contributed by atoms with Crippen molar-refractivity contribution in [1.29, 1.82) is 0 Å². The molecule has 1 aliphatic heterocycles. The molecule has 1 atom stereocenters. The van der Waals surface area contributed by atoms with Crippen LogP contribution in [0, 0.1) is 0 Å². The Morgan fingerprint density at radius 3 is 2.59 bits per heavy atom. The molecule has 8 nitrogen and oxygen atoms in total. The second-order valence-corrected chi connectivity index (χ2v) is 8.65. The standard InChI is InChI=1S/C22H21ClN4O4S/c1-5-32-22-24-20(29)19-13-8-6-7-9-16(13)26(12(2)28)21(27(19)25-22)14-10-17(30-3)18(31-4)11-15(14)23/h6-11,21H,5H2,1-4H3/p+1/t21-/m1/s1. The number of aromatic nitrogens is 3. The van der Waals surface area contributed by atoms with E-state index >= 15 is 0 Å². The Morgan fingerprint density at radius 2 is 1.94 bits per heavy atom. The molecule has 0 fully saturated rings. The number of fused-ring (bicyclic) bond motifs is 3. The van der Waals surface area contributed by atoms with E-state index < -0.39 is 6.17 Å². The number of rotatable bonds is 5. The van der Waals surface area contributed by atoms with Gasteiger partial charge in [0.2, 0.25) is 11.1 Å². The molecule has 0 saturated carbocycles. The molecule has 32 heavy (non-hydrogen) atoms. The smallest absolute Gasteiger partial charge is 0.325 e. The maximum Gasteiger partial charge on any atom is 0.325 e. The first-order chi connectivity index (χ1) is 15.4. The highest BCUT2D eigenvalue weighted by atomic mass is 35.5. The van der Waals surface area contributed by atoms with Crippen LogP contribution in [0.25, 0.3) is 11.3 Å². The third-order valence-corrected chi connectivity index (χ3v) is 6.23. The third kappa shape index (κ3) is 3.61. The summed E-state index contributed by atoms with van der Waals surface area (Å²) in [4.78, 5) is 30.5. The lowest BCUT2D eigenvalue weighted by Gasteiger charge is -2.31. The first kappa shape index (κ1) is 22.2. The van der Waals surface area contributed by atoms with E-state index in [2.05, 4.69) is 4.98 Å². The van der Waals surface area contributed by atoms with E-state index in [9.17, 15) is 9.59 Å². The maximum atomic E-state index is 13.2. The lowest BCUT2D eigenvalue weighted by atomic mass is 10.0. The van der Waals surface area contributed by atoms with Gasteiger partial charge in [-0.15, -0.1) is 0 Å². The molecule has 0 unspecified atom stereocenters. The van der Waals surface area contributed by atoms with Crippen LogP contribution in [-0.4, -0.2) is 36.0 Å². The van der Waals surface area contributed by atoms with E-state index in [0.717, 1.165) is 5.75 Å². The van der Waals surface area contributed by atoms with Crippen LogP contribution in [0.5, 0.6) is 11.5 Å². The summed E-state index contributed by atoms with van der Waals surface area (Å²) in [5.41, 5.74) is 1.80. The number of H-pyrrole nitrogens is 1. The van der Waals surface area contributed by atoms with E-state index in [-0.39, 0.29) is 11.5 Å². The fourth-order valence-electron chi connectivity index (χ4n) is 3.86. The average Bonchev–Trinajstić information content (AvgIpc) is 2.77. The van der Waals surface area contributed by atoms with E-state index in [0.29, 0.717) is 44.2 Å². The number of carbonyl (C=O) groups excluding carboxylic acids is 1. The number of methoxy groups -OCH3 is 2. The topological polar surface area (TPSA) is 88.4 Å². The van der Waals surface area contributed by atoms with Gasteiger partial charge in [0.05, 0.1) is 36.1 Å². The molecule has 0 bridgehead atoms. The summed E-state index contributed by atoms with van der Waals surface area (Å²) >= 11 is 8.07. The Morgan fingerprint density at radius 1 is 1.25 bits per heavy atom. The summed E-state index contributed by atoms with van der Waals surface area (Å²) in [7, 11) is 3.04. The van der Waals surface area contributed by atoms with Gasteiger partial charge in [0.25, 0.3) is 6.17 Å². The predicted octanol–water partition coefficient (Wildman–Crippen LogP) is 3.42. The number of nitrogens with one attached hydrogen (secondary N) is 1. The van der Waals surface area contributed by atoms with Crippen molar-refractivity contribution in [2.75, 3.05) is 24.9 Å². The Labute approximate surface area is 194 Å². The Balaban J connectivity index is 2.09. The number of para-hydroxylation sites is 1. The fourth-order valence-corrected chi connectivity index (χ4v) is 4.70. The van der Waals surface area contributed by atoms with Crippen molar-refractivity contribution in [2.24, 2.45) is 0 Å². The molecule has 166 valence electrons. The maximum absolute atomic E-state index is 13.2. The van der Waals surface area contributed by atoms with Gasteiger partial charge in [-0.1, -0.05) is 42.4 Å². The van der Waals surface area contributed by atoms with Gasteiger partial charge < -0.3 is 9.47 Å². The first-order valence-corrected chi connectivity index (χ1v) is 11.3. The van der Waals surface area contributed by atoms with Gasteiger partial charge in [0.1, 0.15) is 0 Å². The molecule has 1 aliphatic rings. The van der Waals surface area contributed by atoms with Crippen molar-refractivity contribution in [1.82, 2.24) is 10.1 Å². The molecule has 0 spiro atoms. The van der Waals surface area contributed by atoms with Crippen LogP contribution < -0.4 is 24.6 Å². The number of hydrogen-bond acceptors (Lipinski definition) is 6. The van der Waals surface area contributed by atoms with Crippen LogP contribution in [-0.2, 0) is 4.79 Å². The first-order valence-electron chi connectivity index (χ1n) is 9.90. The van der Waals surface area contributed by atoms with Gasteiger partial charge in [-0.05, 0) is 28.6 Å². The third-order valence-electron chi connectivity index (χ3n) is 5.16. The summed E-state index contributed by atoms with van der Waals surface area (Å²) in [6.45, 7) is 3.44. The van der Waals surface area contributed by atoms with Crippen LogP contribution in [0.1, 0.15) is 25.6 Å². The molecule has 2 aromatic carbocycles. The summed E-state index contributed by atoms with van der Waals surface area (Å²) < 4.78 is 12.4. The summed E-state index contributed by atoms with van der Waals surface area (Å²) in [6.07, 6.45) is -0.803. The molecular weight excluding hydrogens is 452 g/mol. The number of hydrogen-bond donors (Lipinski definition) is 1. The number of halogens is 1. The predicted molar refractivity (Wildman–Crippen MR) is 123 cm³/mol. The number of ether oxygens (including phenoxy) is 2. The van der Waals surface area contributed by atoms with E-state index in [1.54, 1.807) is 33.8 Å². The molecule has 1 N–H and O–H groups in total. The van der Waals surface area contributed by atoms with Crippen molar-refractivity contribution >= 4 is 35.0 Å². The quantitative estimate of drug-likeness (QED) is 0.451. The second kappa shape index (κ2) is 8.84. The second-order valence-electron chi connectivity index (χ2n) is 6.99. The molecule has 3 aromatic rings. The number of anilines is 1. The number of nitrogens with zero attached hydrogens (tertiary/aromatic N) is 3. The highest BCUT2D eigenvalue weighted by Gasteiger charge is 2.46. The zero-order valence-corrected chi connectivity index (χ0v) is 19.6. The minimum atomic E-state index is -0.803. The number of amides is 1. The Kier molecular flexibility index (Phi) is 6.12. The van der Waals surface area contributed by atoms with Gasteiger partial charge in [-0.25, -0.2) is 4.90 Å². The average molecular weight is 474 g/mol. The molecule has 0 aliphatic carbocycles. The van der Waals surface area contributed by atoms with Crippen molar-refractivity contribution in [3.8, 4) is 22.8 Å². The summed E-state index contributed by atoms with van der Waals surface area (Å²) in [5.74, 6) is 1.40. The molecule has 4 rings (SSSR count). The number of thioether (sulfide) groups is 1. The van der Waals surface area contributed by atoms with Gasteiger partial charge in [0, 0.05) is 18.1 Å². The highest BCUT2D eigenvalue weighted by molar-refractivity contribution is 7.99. The van der Waals surface area contributed by atoms with Gasteiger partial charge in [-0.2, -0.15) is 0 Å². The highest BCUT2D eigenvalue weighted by Crippen LogP contribution is 2.42. The van der Waals surface area contributed by atoms with Crippen molar-refractivity contribution in [3.05, 3.63) is 57.3 Å². The molecule has 2 heterocycles. The van der Waals surface area contributed by atoms with Crippen LogP contribution in [0.15, 0.2) is 46.3 Å². The van der Waals surface area contributed by atoms with Crippen molar-refractivity contribution in [3.63, 3.8) is 0 Å². The monoisotopic (exact) mass is 473 g/mol. The van der Waals surface area contributed by atoms with E-state index in [4.69, 9.17) is 26.2 Å². The summed E-state index contributed by atoms with van der Waals surface area (Å²) in [6, 6.07) is 10.6. The molecule has 1 amide bonds. The van der Waals surface area contributed by atoms with Gasteiger partial charge in [-0.3, -0.25) is 14.6 Å². The molecule has 1 aromatic heterocycles. The normalized spacial score (nSPS) is 14.5. The zero-order chi connectivity index (χ0) is 23.0. The molecule has 0 radical (unpaired) electrons. The fraction of sp³-hybridized carbons (Fsp3) is 0.273. The lowest BCUT2D eigenvalue weighted by molar-refractivity contribution is -0.763. The van der Waals surface area contributed by atoms with Crippen molar-refractivity contribution in [2.45, 2.75) is 25.2 Å². The van der Waals surface area contributed by atoms with Gasteiger partial charge in [0.15, 0.2) is 11.5 Å².